The van der Waals surface area contributed by atoms with Crippen molar-refractivity contribution >= 4 is 0 Å². The van der Waals surface area contributed by atoms with Crippen LogP contribution in [-0.2, 0) is 0 Å². The van der Waals surface area contributed by atoms with Crippen LogP contribution in [0.1, 0.15) is 13.8 Å². The van der Waals surface area contributed by atoms with Crippen molar-refractivity contribution in [3.63, 3.8) is 0 Å². The average molecular weight is 160 g/mol. The molecule has 2 N–H and O–H groups in total. The molecule has 0 bridgehead atoms. The molecule has 0 aromatic carbocycles. The van der Waals surface area contributed by atoms with Crippen LogP contribution in [0.15, 0.2) is 0 Å². The Balaban J connectivity index is 3.24. The standard InChI is InChI=1S/C8H20N2O/c1-7(10(3)4)5-9-6-8(2)11/h7-9,11H,5-6H2,1-4H3/t7?,8-/m0/s1. The minimum absolute atomic E-state index is 0.246. The fourth-order valence-electron chi connectivity index (χ4n) is 0.684. The lowest BCUT2D eigenvalue weighted by atomic mass is 10.3. The number of nitrogens with one attached hydrogen (secondary N) is 1. The normalized spacial score (nSPS) is 16.9. The number of rotatable bonds is 5. The molecule has 0 fully saturated rings. The maximum Gasteiger partial charge on any atom is 0.0636 e. The van der Waals surface area contributed by atoms with Crippen molar-refractivity contribution in [2.75, 3.05) is 27.2 Å². The Labute approximate surface area is 69.4 Å². The lowest BCUT2D eigenvalue weighted by Gasteiger charge is -2.20. The zero-order valence-corrected chi connectivity index (χ0v) is 7.96. The van der Waals surface area contributed by atoms with Crippen molar-refractivity contribution in [1.29, 1.82) is 0 Å². The number of likely N-dealkylation sites (N-methyl/N-ethyl adjacent to an activating group) is 1. The fourth-order valence-corrected chi connectivity index (χ4v) is 0.684. The maximum absolute atomic E-state index is 8.93. The fraction of sp³-hybridized carbons (Fsp3) is 1.00. The Hall–Kier alpha value is -0.120. The van der Waals surface area contributed by atoms with Crippen LogP contribution in [0.4, 0.5) is 0 Å². The van der Waals surface area contributed by atoms with Gasteiger partial charge in [0.15, 0.2) is 0 Å². The van der Waals surface area contributed by atoms with Crippen molar-refractivity contribution in [2.45, 2.75) is 26.0 Å². The molecule has 0 spiro atoms. The largest absolute Gasteiger partial charge is 0.392 e. The van der Waals surface area contributed by atoms with Gasteiger partial charge in [-0.05, 0) is 27.9 Å². The first-order valence-electron chi connectivity index (χ1n) is 4.09. The molecule has 2 atom stereocenters. The summed E-state index contributed by atoms with van der Waals surface area (Å²) in [6.45, 7) is 5.54. The number of nitrogens with zero attached hydrogens (tertiary/aromatic N) is 1. The van der Waals surface area contributed by atoms with E-state index in [1.54, 1.807) is 6.92 Å². The monoisotopic (exact) mass is 160 g/mol. The van der Waals surface area contributed by atoms with Crippen LogP contribution >= 0.6 is 0 Å². The molecular formula is C8H20N2O. The second-order valence-electron chi connectivity index (χ2n) is 3.32. The van der Waals surface area contributed by atoms with Gasteiger partial charge in [0.05, 0.1) is 6.10 Å². The summed E-state index contributed by atoms with van der Waals surface area (Å²) in [6.07, 6.45) is -0.246. The predicted molar refractivity (Wildman–Crippen MR) is 47.7 cm³/mol. The summed E-state index contributed by atoms with van der Waals surface area (Å²) in [5, 5.41) is 12.1. The van der Waals surface area contributed by atoms with Crippen LogP contribution < -0.4 is 5.32 Å². The van der Waals surface area contributed by atoms with Crippen molar-refractivity contribution in [3.8, 4) is 0 Å². The van der Waals surface area contributed by atoms with Gasteiger partial charge < -0.3 is 15.3 Å². The summed E-state index contributed by atoms with van der Waals surface area (Å²) in [5.41, 5.74) is 0. The van der Waals surface area contributed by atoms with E-state index in [0.29, 0.717) is 12.6 Å². The van der Waals surface area contributed by atoms with Crippen LogP contribution in [0.25, 0.3) is 0 Å². The maximum atomic E-state index is 8.93. The first kappa shape index (κ1) is 10.9. The smallest absolute Gasteiger partial charge is 0.0636 e. The molecule has 0 radical (unpaired) electrons. The van der Waals surface area contributed by atoms with E-state index in [1.807, 2.05) is 0 Å². The first-order chi connectivity index (χ1) is 5.04. The summed E-state index contributed by atoms with van der Waals surface area (Å²) in [7, 11) is 4.10. The van der Waals surface area contributed by atoms with E-state index in [4.69, 9.17) is 5.11 Å². The molecule has 1 unspecified atom stereocenters. The number of hydrogen-bond acceptors (Lipinski definition) is 3. The van der Waals surface area contributed by atoms with Crippen molar-refractivity contribution < 1.29 is 5.11 Å². The van der Waals surface area contributed by atoms with Crippen LogP contribution in [0, 0.1) is 0 Å². The molecule has 0 heterocycles. The predicted octanol–water partition coefficient (Wildman–Crippen LogP) is -0.0931. The molecule has 0 saturated carbocycles. The zero-order valence-electron chi connectivity index (χ0n) is 7.96. The van der Waals surface area contributed by atoms with E-state index >= 15 is 0 Å². The van der Waals surface area contributed by atoms with Crippen molar-refractivity contribution in [3.05, 3.63) is 0 Å². The molecule has 0 aliphatic heterocycles. The minimum atomic E-state index is -0.246. The van der Waals surface area contributed by atoms with E-state index in [-0.39, 0.29) is 6.10 Å². The summed E-state index contributed by atoms with van der Waals surface area (Å²) < 4.78 is 0. The van der Waals surface area contributed by atoms with Crippen LogP contribution in [0.5, 0.6) is 0 Å². The topological polar surface area (TPSA) is 35.5 Å². The highest BCUT2D eigenvalue weighted by Gasteiger charge is 2.03. The van der Waals surface area contributed by atoms with Gasteiger partial charge in [-0.2, -0.15) is 0 Å². The van der Waals surface area contributed by atoms with E-state index in [0.717, 1.165) is 6.54 Å². The third kappa shape index (κ3) is 6.28. The molecule has 0 aliphatic carbocycles. The molecule has 68 valence electrons. The van der Waals surface area contributed by atoms with Gasteiger partial charge in [0.25, 0.3) is 0 Å². The SMILES string of the molecule is CC(CNC[C@H](C)O)N(C)C. The number of hydrogen-bond donors (Lipinski definition) is 2. The quantitative estimate of drug-likeness (QED) is 0.590. The Bertz CT molecular complexity index is 94.1. The molecule has 3 heteroatoms. The Kier molecular flexibility index (Phi) is 5.46. The first-order valence-corrected chi connectivity index (χ1v) is 4.09. The molecule has 0 aromatic rings. The zero-order chi connectivity index (χ0) is 8.85. The number of aliphatic hydroxyl groups excluding tert-OH is 1. The molecule has 11 heavy (non-hydrogen) atoms. The van der Waals surface area contributed by atoms with Crippen LogP contribution in [0.2, 0.25) is 0 Å². The second kappa shape index (κ2) is 5.52. The summed E-state index contributed by atoms with van der Waals surface area (Å²) in [5.74, 6) is 0. The van der Waals surface area contributed by atoms with E-state index in [2.05, 4.69) is 31.2 Å². The van der Waals surface area contributed by atoms with Gasteiger partial charge in [-0.1, -0.05) is 0 Å². The molecule has 0 rings (SSSR count). The molecule has 0 amide bonds. The summed E-state index contributed by atoms with van der Waals surface area (Å²) >= 11 is 0. The van der Waals surface area contributed by atoms with E-state index in [9.17, 15) is 0 Å². The summed E-state index contributed by atoms with van der Waals surface area (Å²) in [6, 6.07) is 0.522. The van der Waals surface area contributed by atoms with Gasteiger partial charge in [-0.15, -0.1) is 0 Å². The average Bonchev–Trinajstić information content (AvgIpc) is 1.86. The Morgan fingerprint density at radius 3 is 2.18 bits per heavy atom. The third-order valence-electron chi connectivity index (χ3n) is 1.76. The van der Waals surface area contributed by atoms with E-state index in [1.165, 1.54) is 0 Å². The van der Waals surface area contributed by atoms with Gasteiger partial charge in [0.1, 0.15) is 0 Å². The number of aliphatic hydroxyl groups is 1. The van der Waals surface area contributed by atoms with Gasteiger partial charge in [0.2, 0.25) is 0 Å². The lowest BCUT2D eigenvalue weighted by Crippen LogP contribution is -2.37. The highest BCUT2D eigenvalue weighted by atomic mass is 16.3. The Morgan fingerprint density at radius 1 is 1.27 bits per heavy atom. The molecule has 3 nitrogen and oxygen atoms in total. The highest BCUT2D eigenvalue weighted by molar-refractivity contribution is 4.63. The minimum Gasteiger partial charge on any atom is -0.392 e. The molecule has 0 aromatic heterocycles. The van der Waals surface area contributed by atoms with E-state index < -0.39 is 0 Å². The van der Waals surface area contributed by atoms with Crippen molar-refractivity contribution in [1.82, 2.24) is 10.2 Å². The lowest BCUT2D eigenvalue weighted by molar-refractivity contribution is 0.186. The summed E-state index contributed by atoms with van der Waals surface area (Å²) in [4.78, 5) is 2.15. The van der Waals surface area contributed by atoms with Crippen molar-refractivity contribution in [2.24, 2.45) is 0 Å². The third-order valence-corrected chi connectivity index (χ3v) is 1.76. The van der Waals surface area contributed by atoms with Gasteiger partial charge >= 0.3 is 0 Å². The van der Waals surface area contributed by atoms with Crippen LogP contribution in [0.3, 0.4) is 0 Å². The molecular weight excluding hydrogens is 140 g/mol. The van der Waals surface area contributed by atoms with Gasteiger partial charge in [0, 0.05) is 19.1 Å². The second-order valence-corrected chi connectivity index (χ2v) is 3.32. The van der Waals surface area contributed by atoms with Crippen LogP contribution in [-0.4, -0.2) is 49.3 Å². The molecule has 0 aliphatic rings. The highest BCUT2D eigenvalue weighted by Crippen LogP contribution is 1.88. The Morgan fingerprint density at radius 2 is 1.82 bits per heavy atom. The molecule has 0 saturated heterocycles. The van der Waals surface area contributed by atoms with Gasteiger partial charge in [-0.25, -0.2) is 0 Å². The van der Waals surface area contributed by atoms with Gasteiger partial charge in [-0.3, -0.25) is 0 Å².